The maximum Gasteiger partial charge on any atom is 0.331 e. The van der Waals surface area contributed by atoms with Gasteiger partial charge in [0.2, 0.25) is 10.0 Å². The second kappa shape index (κ2) is 10.9. The highest BCUT2D eigenvalue weighted by Crippen LogP contribution is 2.22. The van der Waals surface area contributed by atoms with E-state index in [1.165, 1.54) is 28.6 Å². The number of sulfonamides is 1. The fourth-order valence-electron chi connectivity index (χ4n) is 3.33. The average Bonchev–Trinajstić information content (AvgIpc) is 2.82. The number of hydrogen-bond acceptors (Lipinski definition) is 5. The summed E-state index contributed by atoms with van der Waals surface area (Å²) in [5.74, 6) is -1.12. The predicted octanol–water partition coefficient (Wildman–Crippen LogP) is 4.07. The van der Waals surface area contributed by atoms with Gasteiger partial charge in [0.15, 0.2) is 6.61 Å². The molecule has 0 radical (unpaired) electrons. The minimum Gasteiger partial charge on any atom is -0.452 e. The second-order valence-corrected chi connectivity index (χ2v) is 9.11. The van der Waals surface area contributed by atoms with Crippen LogP contribution in [0.15, 0.2) is 77.7 Å². The molecule has 0 aliphatic rings. The summed E-state index contributed by atoms with van der Waals surface area (Å²) in [6.07, 6.45) is 2.69. The third-order valence-corrected chi connectivity index (χ3v) is 7.11. The zero-order chi connectivity index (χ0) is 23.8. The molecule has 3 aromatic rings. The maximum absolute atomic E-state index is 12.5. The molecule has 7 nitrogen and oxygen atoms in total. The van der Waals surface area contributed by atoms with Gasteiger partial charge in [-0.25, -0.2) is 13.2 Å². The van der Waals surface area contributed by atoms with Gasteiger partial charge in [-0.05, 0) is 35.2 Å². The van der Waals surface area contributed by atoms with Crippen molar-refractivity contribution in [3.8, 4) is 0 Å². The molecule has 0 aliphatic heterocycles. The van der Waals surface area contributed by atoms with Crippen molar-refractivity contribution < 1.29 is 22.7 Å². The number of fused-ring (bicyclic) bond motifs is 1. The zero-order valence-electron chi connectivity index (χ0n) is 18.5. The van der Waals surface area contributed by atoms with Crippen molar-refractivity contribution in [3.05, 3.63) is 78.4 Å². The number of carbonyl (C=O) groups excluding carboxylic acids is 2. The van der Waals surface area contributed by atoms with Gasteiger partial charge in [-0.1, -0.05) is 62.4 Å². The van der Waals surface area contributed by atoms with Gasteiger partial charge in [-0.3, -0.25) is 4.79 Å². The molecule has 3 rings (SSSR count). The van der Waals surface area contributed by atoms with Crippen LogP contribution in [-0.4, -0.2) is 44.3 Å². The van der Waals surface area contributed by atoms with E-state index in [4.69, 9.17) is 4.74 Å². The normalized spacial score (nSPS) is 11.7. The SMILES string of the molecule is CCN(CC)S(=O)(=O)c1ccc(/C=C/C(=O)OCC(=O)Nc2cccc3ccccc23)cc1. The Balaban J connectivity index is 1.55. The Labute approximate surface area is 193 Å². The fourth-order valence-corrected chi connectivity index (χ4v) is 4.79. The van der Waals surface area contributed by atoms with Crippen LogP contribution in [0.3, 0.4) is 0 Å². The van der Waals surface area contributed by atoms with Gasteiger partial charge in [-0.15, -0.1) is 0 Å². The molecule has 0 fully saturated rings. The van der Waals surface area contributed by atoms with E-state index in [0.29, 0.717) is 24.3 Å². The molecule has 172 valence electrons. The number of benzene rings is 3. The number of ether oxygens (including phenoxy) is 1. The number of carbonyl (C=O) groups is 2. The number of rotatable bonds is 9. The first-order valence-corrected chi connectivity index (χ1v) is 12.0. The number of esters is 1. The van der Waals surface area contributed by atoms with E-state index in [-0.39, 0.29) is 4.90 Å². The van der Waals surface area contributed by atoms with Crippen molar-refractivity contribution in [1.29, 1.82) is 0 Å². The number of amides is 1. The van der Waals surface area contributed by atoms with Crippen LogP contribution >= 0.6 is 0 Å². The molecule has 0 aliphatic carbocycles. The lowest BCUT2D eigenvalue weighted by molar-refractivity contribution is -0.142. The zero-order valence-corrected chi connectivity index (χ0v) is 19.3. The van der Waals surface area contributed by atoms with Crippen molar-refractivity contribution >= 4 is 44.4 Å². The fraction of sp³-hybridized carbons (Fsp3) is 0.200. The average molecular weight is 467 g/mol. The summed E-state index contributed by atoms with van der Waals surface area (Å²) in [5.41, 5.74) is 1.27. The summed E-state index contributed by atoms with van der Waals surface area (Å²) in [7, 11) is -3.53. The third-order valence-electron chi connectivity index (χ3n) is 5.04. The lowest BCUT2D eigenvalue weighted by Gasteiger charge is -2.18. The first-order valence-electron chi connectivity index (χ1n) is 10.6. The molecule has 0 unspecified atom stereocenters. The van der Waals surface area contributed by atoms with Crippen molar-refractivity contribution in [2.75, 3.05) is 25.0 Å². The van der Waals surface area contributed by atoms with Crippen LogP contribution in [0.4, 0.5) is 5.69 Å². The van der Waals surface area contributed by atoms with Crippen LogP contribution in [0.5, 0.6) is 0 Å². The molecule has 0 saturated heterocycles. The smallest absolute Gasteiger partial charge is 0.331 e. The van der Waals surface area contributed by atoms with E-state index in [1.54, 1.807) is 32.0 Å². The minimum atomic E-state index is -3.53. The Kier molecular flexibility index (Phi) is 7.97. The summed E-state index contributed by atoms with van der Waals surface area (Å²) >= 11 is 0. The first kappa shape index (κ1) is 24.2. The topological polar surface area (TPSA) is 92.8 Å². The Morgan fingerprint density at radius 3 is 2.30 bits per heavy atom. The van der Waals surface area contributed by atoms with Crippen LogP contribution in [0.2, 0.25) is 0 Å². The molecule has 0 heterocycles. The summed E-state index contributed by atoms with van der Waals surface area (Å²) in [4.78, 5) is 24.4. The number of nitrogens with one attached hydrogen (secondary N) is 1. The molecule has 3 aromatic carbocycles. The minimum absolute atomic E-state index is 0.191. The van der Waals surface area contributed by atoms with E-state index in [0.717, 1.165) is 10.8 Å². The lowest BCUT2D eigenvalue weighted by atomic mass is 10.1. The largest absolute Gasteiger partial charge is 0.452 e. The molecule has 0 aromatic heterocycles. The van der Waals surface area contributed by atoms with Gasteiger partial charge in [0.05, 0.1) is 4.90 Å². The first-order chi connectivity index (χ1) is 15.8. The van der Waals surface area contributed by atoms with Crippen molar-refractivity contribution in [2.24, 2.45) is 0 Å². The van der Waals surface area contributed by atoms with Crippen molar-refractivity contribution in [1.82, 2.24) is 4.31 Å². The molecular formula is C25H26N2O5S. The summed E-state index contributed by atoms with van der Waals surface area (Å²) in [5, 5.41) is 4.64. The number of hydrogen-bond donors (Lipinski definition) is 1. The Bertz CT molecular complexity index is 1260. The maximum atomic E-state index is 12.5. The molecule has 1 amide bonds. The van der Waals surface area contributed by atoms with Crippen molar-refractivity contribution in [2.45, 2.75) is 18.7 Å². The monoisotopic (exact) mass is 466 g/mol. The van der Waals surface area contributed by atoms with E-state index >= 15 is 0 Å². The standard InChI is InChI=1S/C25H26N2O5S/c1-3-27(4-2)33(30,31)21-15-12-19(13-16-21)14-17-25(29)32-18-24(28)26-23-11-7-9-20-8-5-6-10-22(20)23/h5-17H,3-4,18H2,1-2H3,(H,26,28)/b17-14+. The van der Waals surface area contributed by atoms with E-state index in [1.807, 2.05) is 36.4 Å². The second-order valence-electron chi connectivity index (χ2n) is 7.17. The van der Waals surface area contributed by atoms with Gasteiger partial charge < -0.3 is 10.1 Å². The van der Waals surface area contributed by atoms with E-state index < -0.39 is 28.5 Å². The molecule has 0 saturated carbocycles. The van der Waals surface area contributed by atoms with Crippen LogP contribution in [0.1, 0.15) is 19.4 Å². The highest BCUT2D eigenvalue weighted by Gasteiger charge is 2.20. The van der Waals surface area contributed by atoms with Crippen LogP contribution < -0.4 is 5.32 Å². The summed E-state index contributed by atoms with van der Waals surface area (Å²) < 4.78 is 31.4. The highest BCUT2D eigenvalue weighted by atomic mass is 32.2. The third kappa shape index (κ3) is 6.06. The summed E-state index contributed by atoms with van der Waals surface area (Å²) in [6.45, 7) is 3.92. The highest BCUT2D eigenvalue weighted by molar-refractivity contribution is 7.89. The van der Waals surface area contributed by atoms with Gasteiger partial charge in [-0.2, -0.15) is 4.31 Å². The van der Waals surface area contributed by atoms with Crippen LogP contribution in [-0.2, 0) is 24.3 Å². The Hall–Kier alpha value is -3.49. The van der Waals surface area contributed by atoms with Gasteiger partial charge >= 0.3 is 5.97 Å². The quantitative estimate of drug-likeness (QED) is 0.379. The summed E-state index contributed by atoms with van der Waals surface area (Å²) in [6, 6.07) is 19.4. The van der Waals surface area contributed by atoms with E-state index in [2.05, 4.69) is 5.32 Å². The van der Waals surface area contributed by atoms with Gasteiger partial charge in [0.1, 0.15) is 0 Å². The van der Waals surface area contributed by atoms with Crippen LogP contribution in [0, 0.1) is 0 Å². The molecule has 8 heteroatoms. The van der Waals surface area contributed by atoms with E-state index in [9.17, 15) is 18.0 Å². The molecular weight excluding hydrogens is 440 g/mol. The molecule has 33 heavy (non-hydrogen) atoms. The van der Waals surface area contributed by atoms with Crippen molar-refractivity contribution in [3.63, 3.8) is 0 Å². The van der Waals surface area contributed by atoms with Gasteiger partial charge in [0, 0.05) is 30.2 Å². The Morgan fingerprint density at radius 1 is 0.939 bits per heavy atom. The number of anilines is 1. The van der Waals surface area contributed by atoms with Crippen LogP contribution in [0.25, 0.3) is 16.8 Å². The number of nitrogens with zero attached hydrogens (tertiary/aromatic N) is 1. The predicted molar refractivity (Wildman–Crippen MR) is 129 cm³/mol. The molecule has 0 atom stereocenters. The Morgan fingerprint density at radius 2 is 1.61 bits per heavy atom. The van der Waals surface area contributed by atoms with Gasteiger partial charge in [0.25, 0.3) is 5.91 Å². The lowest BCUT2D eigenvalue weighted by Crippen LogP contribution is -2.30. The molecule has 0 spiro atoms. The molecule has 0 bridgehead atoms. The molecule has 1 N–H and O–H groups in total.